The molecular formula is C29H28F2N4O5. The highest BCUT2D eigenvalue weighted by atomic mass is 19.1. The highest BCUT2D eigenvalue weighted by Gasteiger charge is 2.26. The zero-order chi connectivity index (χ0) is 28.1. The first-order chi connectivity index (χ1) is 19.5. The Kier molecular flexibility index (Phi) is 8.20. The number of rotatable bonds is 12. The molecule has 0 radical (unpaired) electrons. The van der Waals surface area contributed by atoms with E-state index >= 15 is 8.78 Å². The third kappa shape index (κ3) is 6.20. The topological polar surface area (TPSA) is 104 Å². The minimum absolute atomic E-state index is 0.0618. The number of benzene rings is 2. The van der Waals surface area contributed by atoms with E-state index in [0.29, 0.717) is 41.3 Å². The largest absolute Gasteiger partial charge is 0.493 e. The smallest absolute Gasteiger partial charge is 0.261 e. The molecule has 0 unspecified atom stereocenters. The lowest BCUT2D eigenvalue weighted by Crippen LogP contribution is -2.20. The summed E-state index contributed by atoms with van der Waals surface area (Å²) in [6.45, 7) is 3.89. The first-order valence-electron chi connectivity index (χ1n) is 12.9. The molecule has 0 saturated heterocycles. The van der Waals surface area contributed by atoms with Crippen LogP contribution in [-0.4, -0.2) is 48.8 Å². The van der Waals surface area contributed by atoms with Gasteiger partial charge in [0.2, 0.25) is 0 Å². The van der Waals surface area contributed by atoms with Gasteiger partial charge in [-0.3, -0.25) is 14.8 Å². The lowest BCUT2D eigenvalue weighted by Gasteiger charge is -2.15. The summed E-state index contributed by atoms with van der Waals surface area (Å²) in [5, 5.41) is 6.14. The molecule has 2 aromatic heterocycles. The number of likely N-dealkylation sites (N-methyl/N-ethyl adjacent to an activating group) is 1. The molecule has 0 bridgehead atoms. The molecule has 2 heterocycles. The molecule has 1 fully saturated rings. The molecule has 1 aliphatic carbocycles. The number of amides is 1. The van der Waals surface area contributed by atoms with Crippen LogP contribution in [0.1, 0.15) is 30.1 Å². The molecule has 1 amide bonds. The third-order valence-corrected chi connectivity index (χ3v) is 6.09. The van der Waals surface area contributed by atoms with Crippen molar-refractivity contribution in [1.29, 1.82) is 0 Å². The molecular weight excluding hydrogens is 522 g/mol. The van der Waals surface area contributed by atoms with Crippen LogP contribution in [-0.2, 0) is 0 Å². The van der Waals surface area contributed by atoms with Gasteiger partial charge in [0, 0.05) is 54.4 Å². The van der Waals surface area contributed by atoms with Gasteiger partial charge in [-0.2, -0.15) is 0 Å². The molecule has 1 saturated carbocycles. The number of carbonyl (C=O) groups is 1. The van der Waals surface area contributed by atoms with E-state index in [-0.39, 0.29) is 23.1 Å². The fourth-order valence-electron chi connectivity index (χ4n) is 3.96. The number of carbonyl (C=O) groups excluding carboxylic acids is 1. The Hall–Kier alpha value is -4.51. The van der Waals surface area contributed by atoms with Crippen molar-refractivity contribution >= 4 is 22.5 Å². The number of ether oxygens (including phenoxy) is 4. The molecule has 1 aliphatic rings. The summed E-state index contributed by atoms with van der Waals surface area (Å²) < 4.78 is 52.9. The molecule has 0 aliphatic heterocycles. The van der Waals surface area contributed by atoms with Gasteiger partial charge < -0.3 is 29.6 Å². The first kappa shape index (κ1) is 27.1. The van der Waals surface area contributed by atoms with Crippen LogP contribution in [0.4, 0.5) is 14.5 Å². The van der Waals surface area contributed by atoms with E-state index in [1.165, 1.54) is 31.8 Å². The number of nitrogens with one attached hydrogen (secondary N) is 2. The van der Waals surface area contributed by atoms with Crippen molar-refractivity contribution < 1.29 is 32.5 Å². The monoisotopic (exact) mass is 550 g/mol. The Morgan fingerprint density at radius 3 is 2.52 bits per heavy atom. The summed E-state index contributed by atoms with van der Waals surface area (Å²) in [4.78, 5) is 21.1. The lowest BCUT2D eigenvalue weighted by molar-refractivity contribution is 0.102. The van der Waals surface area contributed by atoms with Gasteiger partial charge in [-0.15, -0.1) is 0 Å². The van der Waals surface area contributed by atoms with Crippen molar-refractivity contribution in [3.63, 3.8) is 0 Å². The maximum atomic E-state index is 15.1. The second kappa shape index (κ2) is 12.1. The Morgan fingerprint density at radius 1 is 1.02 bits per heavy atom. The van der Waals surface area contributed by atoms with E-state index in [1.54, 1.807) is 18.2 Å². The molecule has 9 nitrogen and oxygen atoms in total. The van der Waals surface area contributed by atoms with E-state index < -0.39 is 23.3 Å². The molecule has 5 rings (SSSR count). The van der Waals surface area contributed by atoms with Crippen molar-refractivity contribution in [3.8, 4) is 28.7 Å². The highest BCUT2D eigenvalue weighted by molar-refractivity contribution is 6.06. The summed E-state index contributed by atoms with van der Waals surface area (Å²) in [6.07, 6.45) is 6.20. The average molecular weight is 551 g/mol. The van der Waals surface area contributed by atoms with E-state index in [4.69, 9.17) is 18.9 Å². The van der Waals surface area contributed by atoms with Crippen LogP contribution < -0.4 is 29.6 Å². The number of hydrogen-bond donors (Lipinski definition) is 2. The van der Waals surface area contributed by atoms with E-state index in [1.807, 2.05) is 6.92 Å². The fourth-order valence-corrected chi connectivity index (χ4v) is 3.96. The van der Waals surface area contributed by atoms with Gasteiger partial charge in [0.05, 0.1) is 24.3 Å². The Balaban J connectivity index is 1.36. The Labute approximate surface area is 229 Å². The van der Waals surface area contributed by atoms with Crippen LogP contribution in [0.15, 0.2) is 55.0 Å². The molecule has 11 heteroatoms. The maximum Gasteiger partial charge on any atom is 0.261 e. The zero-order valence-electron chi connectivity index (χ0n) is 22.0. The van der Waals surface area contributed by atoms with Gasteiger partial charge in [0.25, 0.3) is 5.91 Å². The number of nitrogens with zero attached hydrogens (tertiary/aromatic N) is 2. The minimum Gasteiger partial charge on any atom is -0.493 e. The zero-order valence-corrected chi connectivity index (χ0v) is 22.0. The van der Waals surface area contributed by atoms with Gasteiger partial charge in [-0.1, -0.05) is 6.92 Å². The van der Waals surface area contributed by atoms with E-state index in [9.17, 15) is 4.79 Å². The van der Waals surface area contributed by atoms with Crippen LogP contribution >= 0.6 is 0 Å². The number of aromatic nitrogens is 2. The van der Waals surface area contributed by atoms with Crippen molar-refractivity contribution in [3.05, 3.63) is 72.2 Å². The summed E-state index contributed by atoms with van der Waals surface area (Å²) in [6, 6.07) is 8.35. The summed E-state index contributed by atoms with van der Waals surface area (Å²) in [7, 11) is 1.49. The van der Waals surface area contributed by atoms with E-state index in [0.717, 1.165) is 31.5 Å². The van der Waals surface area contributed by atoms with Crippen LogP contribution in [0.3, 0.4) is 0 Å². The first-order valence-corrected chi connectivity index (χ1v) is 12.9. The number of halogens is 2. The van der Waals surface area contributed by atoms with Gasteiger partial charge in [-0.05, 0) is 37.6 Å². The summed E-state index contributed by atoms with van der Waals surface area (Å²) in [5.74, 6) is -1.82. The molecule has 4 aromatic rings. The second-order valence-electron chi connectivity index (χ2n) is 9.05. The fraction of sp³-hybridized carbons (Fsp3) is 0.276. The SMILES string of the molecule is CCNCCOc1cc2nccc(Oc3c(F)cc(NC(=O)c4cnccc4OC4CC4)cc3F)c2cc1OC. The quantitative estimate of drug-likeness (QED) is 0.223. The van der Waals surface area contributed by atoms with Crippen LogP contribution in [0.5, 0.6) is 28.7 Å². The van der Waals surface area contributed by atoms with Gasteiger partial charge in [-0.25, -0.2) is 8.78 Å². The van der Waals surface area contributed by atoms with Crippen LogP contribution in [0, 0.1) is 11.6 Å². The predicted octanol–water partition coefficient (Wildman–Crippen LogP) is 5.49. The number of pyridine rings is 2. The normalized spacial score (nSPS) is 12.7. The minimum atomic E-state index is -1.00. The predicted molar refractivity (Wildman–Crippen MR) is 145 cm³/mol. The summed E-state index contributed by atoms with van der Waals surface area (Å²) in [5.41, 5.74) is 0.564. The molecule has 2 N–H and O–H groups in total. The average Bonchev–Trinajstić information content (AvgIpc) is 3.77. The number of methoxy groups -OCH3 is 1. The highest BCUT2D eigenvalue weighted by Crippen LogP contribution is 2.39. The molecule has 0 spiro atoms. The third-order valence-electron chi connectivity index (χ3n) is 6.09. The van der Waals surface area contributed by atoms with Gasteiger partial charge in [0.15, 0.2) is 28.9 Å². The summed E-state index contributed by atoms with van der Waals surface area (Å²) >= 11 is 0. The molecule has 40 heavy (non-hydrogen) atoms. The van der Waals surface area contributed by atoms with Crippen molar-refractivity contribution in [2.45, 2.75) is 25.9 Å². The standard InChI is InChI=1S/C29H28F2N4O5/c1-3-32-10-11-38-27-15-23-19(14-26(27)37-2)24(7-9-34-23)40-28-21(30)12-17(13-22(28)31)35-29(36)20-16-33-8-6-25(20)39-18-4-5-18/h6-9,12-16,18,32H,3-5,10-11H2,1-2H3,(H,35,36). The lowest BCUT2D eigenvalue weighted by atomic mass is 10.1. The molecule has 208 valence electrons. The Morgan fingerprint density at radius 2 is 1.80 bits per heavy atom. The maximum absolute atomic E-state index is 15.1. The van der Waals surface area contributed by atoms with Gasteiger partial charge >= 0.3 is 0 Å². The number of fused-ring (bicyclic) bond motifs is 1. The number of anilines is 1. The van der Waals surface area contributed by atoms with Crippen molar-refractivity contribution in [2.75, 3.05) is 32.1 Å². The van der Waals surface area contributed by atoms with Crippen molar-refractivity contribution in [2.24, 2.45) is 0 Å². The van der Waals surface area contributed by atoms with Crippen LogP contribution in [0.25, 0.3) is 10.9 Å². The molecule has 0 atom stereocenters. The second-order valence-corrected chi connectivity index (χ2v) is 9.05. The Bertz CT molecular complexity index is 1510. The number of hydrogen-bond acceptors (Lipinski definition) is 8. The van der Waals surface area contributed by atoms with Crippen LogP contribution in [0.2, 0.25) is 0 Å². The van der Waals surface area contributed by atoms with Gasteiger partial charge in [0.1, 0.15) is 18.1 Å². The van der Waals surface area contributed by atoms with Crippen molar-refractivity contribution in [1.82, 2.24) is 15.3 Å². The van der Waals surface area contributed by atoms with E-state index in [2.05, 4.69) is 20.6 Å². The molecule has 2 aromatic carbocycles.